The molecule has 0 spiro atoms. The van der Waals surface area contributed by atoms with Crippen LogP contribution in [0.2, 0.25) is 0 Å². The first-order valence-electron chi connectivity index (χ1n) is 7.26. The molecule has 1 aromatic carbocycles. The minimum atomic E-state index is -0.161. The van der Waals surface area contributed by atoms with Crippen molar-refractivity contribution in [2.45, 2.75) is 43.7 Å². The molecular formula is C16H22FNO. The Morgan fingerprint density at radius 2 is 2.00 bits per heavy atom. The van der Waals surface area contributed by atoms with E-state index in [-0.39, 0.29) is 11.4 Å². The quantitative estimate of drug-likeness (QED) is 0.849. The van der Waals surface area contributed by atoms with E-state index in [0.29, 0.717) is 12.0 Å². The van der Waals surface area contributed by atoms with Gasteiger partial charge in [-0.2, -0.15) is 0 Å². The van der Waals surface area contributed by atoms with Crippen LogP contribution in [0, 0.1) is 11.7 Å². The van der Waals surface area contributed by atoms with Crippen molar-refractivity contribution in [3.63, 3.8) is 0 Å². The molecule has 2 aliphatic carbocycles. The zero-order valence-electron chi connectivity index (χ0n) is 11.5. The first-order chi connectivity index (χ1) is 9.22. The molecular weight excluding hydrogens is 241 g/mol. The van der Waals surface area contributed by atoms with Gasteiger partial charge in [-0.25, -0.2) is 4.39 Å². The van der Waals surface area contributed by atoms with Crippen LogP contribution in [0.15, 0.2) is 24.3 Å². The number of halogens is 1. The molecule has 2 fully saturated rings. The summed E-state index contributed by atoms with van der Waals surface area (Å²) in [5.74, 6) is 0.546. The molecule has 0 aliphatic heterocycles. The number of hydrogen-bond donors (Lipinski definition) is 1. The average molecular weight is 263 g/mol. The van der Waals surface area contributed by atoms with Gasteiger partial charge in [0, 0.05) is 19.7 Å². The van der Waals surface area contributed by atoms with E-state index < -0.39 is 0 Å². The normalized spacial score (nSPS) is 22.8. The van der Waals surface area contributed by atoms with E-state index in [9.17, 15) is 4.39 Å². The predicted molar refractivity (Wildman–Crippen MR) is 73.5 cm³/mol. The van der Waals surface area contributed by atoms with Crippen LogP contribution in [0.3, 0.4) is 0 Å². The van der Waals surface area contributed by atoms with Crippen LogP contribution < -0.4 is 5.32 Å². The van der Waals surface area contributed by atoms with Gasteiger partial charge >= 0.3 is 0 Å². The lowest BCUT2D eigenvalue weighted by Gasteiger charge is -2.41. The molecule has 2 nitrogen and oxygen atoms in total. The maximum absolute atomic E-state index is 13.0. The van der Waals surface area contributed by atoms with Crippen molar-refractivity contribution in [2.75, 3.05) is 13.7 Å². The highest BCUT2D eigenvalue weighted by Gasteiger charge is 2.39. The third kappa shape index (κ3) is 2.82. The molecule has 1 aromatic rings. The van der Waals surface area contributed by atoms with Crippen molar-refractivity contribution in [2.24, 2.45) is 5.92 Å². The number of ether oxygens (including phenoxy) is 1. The third-order valence-corrected chi connectivity index (χ3v) is 4.66. The van der Waals surface area contributed by atoms with E-state index in [0.717, 1.165) is 19.4 Å². The van der Waals surface area contributed by atoms with E-state index in [1.54, 1.807) is 12.1 Å². The molecule has 3 rings (SSSR count). The van der Waals surface area contributed by atoms with Crippen LogP contribution in [-0.2, 0) is 4.74 Å². The van der Waals surface area contributed by atoms with Crippen molar-refractivity contribution in [3.8, 4) is 0 Å². The van der Waals surface area contributed by atoms with Gasteiger partial charge in [-0.1, -0.05) is 12.1 Å². The summed E-state index contributed by atoms with van der Waals surface area (Å²) in [7, 11) is 1.81. The molecule has 104 valence electrons. The van der Waals surface area contributed by atoms with Gasteiger partial charge in [-0.15, -0.1) is 0 Å². The average Bonchev–Trinajstić information content (AvgIpc) is 3.19. The highest BCUT2D eigenvalue weighted by atomic mass is 19.1. The highest BCUT2D eigenvalue weighted by Crippen LogP contribution is 2.42. The van der Waals surface area contributed by atoms with Gasteiger partial charge in [0.1, 0.15) is 5.82 Å². The number of rotatable bonds is 6. The van der Waals surface area contributed by atoms with Gasteiger partial charge in [0.05, 0.1) is 5.60 Å². The van der Waals surface area contributed by atoms with Crippen molar-refractivity contribution < 1.29 is 9.13 Å². The fourth-order valence-electron chi connectivity index (χ4n) is 2.98. The smallest absolute Gasteiger partial charge is 0.123 e. The summed E-state index contributed by atoms with van der Waals surface area (Å²) in [6.45, 7) is 0.905. The first kappa shape index (κ1) is 13.1. The SMILES string of the molecule is COC1(CNC(c2ccc(F)cc2)C2CC2)CCC1. The van der Waals surface area contributed by atoms with Gasteiger partial charge in [0.2, 0.25) is 0 Å². The maximum Gasteiger partial charge on any atom is 0.123 e. The van der Waals surface area contributed by atoms with E-state index in [1.165, 1.54) is 24.8 Å². The lowest BCUT2D eigenvalue weighted by atomic mass is 9.79. The largest absolute Gasteiger partial charge is 0.377 e. The fourth-order valence-corrected chi connectivity index (χ4v) is 2.98. The maximum atomic E-state index is 13.0. The van der Waals surface area contributed by atoms with Crippen LogP contribution in [0.1, 0.15) is 43.7 Å². The van der Waals surface area contributed by atoms with Gasteiger partial charge < -0.3 is 10.1 Å². The van der Waals surface area contributed by atoms with Gasteiger partial charge in [-0.05, 0) is 55.7 Å². The molecule has 0 radical (unpaired) electrons. The van der Waals surface area contributed by atoms with E-state index in [1.807, 2.05) is 19.2 Å². The summed E-state index contributed by atoms with van der Waals surface area (Å²) in [5, 5.41) is 3.66. The van der Waals surface area contributed by atoms with Crippen molar-refractivity contribution in [1.29, 1.82) is 0 Å². The molecule has 2 saturated carbocycles. The Morgan fingerprint density at radius 3 is 2.47 bits per heavy atom. The zero-order chi connectivity index (χ0) is 13.3. The van der Waals surface area contributed by atoms with Crippen molar-refractivity contribution >= 4 is 0 Å². The number of hydrogen-bond acceptors (Lipinski definition) is 2. The standard InChI is InChI=1S/C16H22FNO/c1-19-16(9-2-10-16)11-18-15(12-3-4-12)13-5-7-14(17)8-6-13/h5-8,12,15,18H,2-4,9-11H2,1H3. The lowest BCUT2D eigenvalue weighted by molar-refractivity contribution is -0.0712. The van der Waals surface area contributed by atoms with E-state index >= 15 is 0 Å². The molecule has 0 amide bonds. The van der Waals surface area contributed by atoms with Crippen LogP contribution in [0.5, 0.6) is 0 Å². The summed E-state index contributed by atoms with van der Waals surface area (Å²) in [6.07, 6.45) is 6.11. The van der Waals surface area contributed by atoms with E-state index in [2.05, 4.69) is 5.32 Å². The second-order valence-electron chi connectivity index (χ2n) is 5.99. The van der Waals surface area contributed by atoms with Gasteiger partial charge in [-0.3, -0.25) is 0 Å². The minimum absolute atomic E-state index is 0.0488. The molecule has 0 aromatic heterocycles. The van der Waals surface area contributed by atoms with Gasteiger partial charge in [0.25, 0.3) is 0 Å². The van der Waals surface area contributed by atoms with Crippen LogP contribution in [0.25, 0.3) is 0 Å². The monoisotopic (exact) mass is 263 g/mol. The van der Waals surface area contributed by atoms with E-state index in [4.69, 9.17) is 4.74 Å². The molecule has 2 aliphatic rings. The first-order valence-corrected chi connectivity index (χ1v) is 7.26. The van der Waals surface area contributed by atoms with Crippen LogP contribution >= 0.6 is 0 Å². The van der Waals surface area contributed by atoms with Gasteiger partial charge in [0.15, 0.2) is 0 Å². The summed E-state index contributed by atoms with van der Waals surface area (Å²) >= 11 is 0. The topological polar surface area (TPSA) is 21.3 Å². The van der Waals surface area contributed by atoms with Crippen molar-refractivity contribution in [1.82, 2.24) is 5.32 Å². The number of nitrogens with one attached hydrogen (secondary N) is 1. The van der Waals surface area contributed by atoms with Crippen LogP contribution in [-0.4, -0.2) is 19.3 Å². The van der Waals surface area contributed by atoms with Crippen LogP contribution in [0.4, 0.5) is 4.39 Å². The Bertz CT molecular complexity index is 417. The minimum Gasteiger partial charge on any atom is -0.377 e. The molecule has 0 heterocycles. The summed E-state index contributed by atoms with van der Waals surface area (Å²) < 4.78 is 18.7. The molecule has 1 N–H and O–H groups in total. The summed E-state index contributed by atoms with van der Waals surface area (Å²) in [5.41, 5.74) is 1.25. The fraction of sp³-hybridized carbons (Fsp3) is 0.625. The Labute approximate surface area is 114 Å². The zero-order valence-corrected chi connectivity index (χ0v) is 11.5. The molecule has 0 saturated heterocycles. The molecule has 1 atom stereocenters. The predicted octanol–water partition coefficient (Wildman–Crippen LogP) is 3.44. The Kier molecular flexibility index (Phi) is 3.59. The highest BCUT2D eigenvalue weighted by molar-refractivity contribution is 5.22. The molecule has 19 heavy (non-hydrogen) atoms. The lowest BCUT2D eigenvalue weighted by Crippen LogP contribution is -2.49. The molecule has 0 bridgehead atoms. The molecule has 3 heteroatoms. The van der Waals surface area contributed by atoms with Crippen molar-refractivity contribution in [3.05, 3.63) is 35.6 Å². The Hall–Kier alpha value is -0.930. The number of methoxy groups -OCH3 is 1. The molecule has 1 unspecified atom stereocenters. The summed E-state index contributed by atoms with van der Waals surface area (Å²) in [4.78, 5) is 0. The number of benzene rings is 1. The second kappa shape index (κ2) is 5.22. The third-order valence-electron chi connectivity index (χ3n) is 4.66. The Morgan fingerprint density at radius 1 is 1.32 bits per heavy atom. The second-order valence-corrected chi connectivity index (χ2v) is 5.99. The Balaban J connectivity index is 1.66. The summed E-state index contributed by atoms with van der Waals surface area (Å²) in [6, 6.07) is 7.29.